The summed E-state index contributed by atoms with van der Waals surface area (Å²) in [6.07, 6.45) is 0. The molecule has 1 aliphatic rings. The lowest BCUT2D eigenvalue weighted by Gasteiger charge is -2.18. The molecule has 2 heterocycles. The smallest absolute Gasteiger partial charge is 0.356 e. The molecule has 0 saturated carbocycles. The van der Waals surface area contributed by atoms with E-state index in [-0.39, 0.29) is 21.7 Å². The molecular formula is C18H12N2O6S. The molecule has 0 fully saturated rings. The summed E-state index contributed by atoms with van der Waals surface area (Å²) in [5.41, 5.74) is 1.01. The SMILES string of the molecule is O=C(O)c1ccc(-n2nc(C(=O)O)c3c2-c2ccccc2S(=O)(=O)C3)cc1. The van der Waals surface area contributed by atoms with Gasteiger partial charge in [0.1, 0.15) is 0 Å². The van der Waals surface area contributed by atoms with Crippen LogP contribution in [-0.2, 0) is 15.6 Å². The van der Waals surface area contributed by atoms with Gasteiger partial charge in [0.15, 0.2) is 15.5 Å². The summed E-state index contributed by atoms with van der Waals surface area (Å²) in [5.74, 6) is -2.89. The van der Waals surface area contributed by atoms with Gasteiger partial charge in [0.05, 0.1) is 27.6 Å². The van der Waals surface area contributed by atoms with E-state index in [1.165, 1.54) is 35.0 Å². The van der Waals surface area contributed by atoms with Crippen LogP contribution in [0.25, 0.3) is 16.9 Å². The molecule has 8 nitrogen and oxygen atoms in total. The molecule has 3 aromatic rings. The van der Waals surface area contributed by atoms with Crippen LogP contribution < -0.4 is 0 Å². The zero-order valence-electron chi connectivity index (χ0n) is 13.7. The lowest BCUT2D eigenvalue weighted by molar-refractivity contribution is 0.0681. The average Bonchev–Trinajstić information content (AvgIpc) is 3.01. The van der Waals surface area contributed by atoms with Gasteiger partial charge < -0.3 is 10.2 Å². The van der Waals surface area contributed by atoms with E-state index in [4.69, 9.17) is 5.11 Å². The minimum absolute atomic E-state index is 0.0706. The zero-order valence-corrected chi connectivity index (χ0v) is 14.5. The number of aromatic nitrogens is 2. The summed E-state index contributed by atoms with van der Waals surface area (Å²) in [6, 6.07) is 12.1. The molecule has 2 aromatic carbocycles. The Kier molecular flexibility index (Phi) is 3.63. The van der Waals surface area contributed by atoms with E-state index in [0.717, 1.165) is 0 Å². The maximum atomic E-state index is 12.6. The van der Waals surface area contributed by atoms with Crippen molar-refractivity contribution in [1.29, 1.82) is 0 Å². The van der Waals surface area contributed by atoms with Gasteiger partial charge in [-0.05, 0) is 30.3 Å². The number of sulfone groups is 1. The van der Waals surface area contributed by atoms with Crippen molar-refractivity contribution in [1.82, 2.24) is 9.78 Å². The third kappa shape index (κ3) is 2.59. The van der Waals surface area contributed by atoms with E-state index in [2.05, 4.69) is 5.10 Å². The van der Waals surface area contributed by atoms with Crippen LogP contribution in [0.15, 0.2) is 53.4 Å². The van der Waals surface area contributed by atoms with Crippen molar-refractivity contribution in [3.05, 3.63) is 65.4 Å². The first-order valence-electron chi connectivity index (χ1n) is 7.80. The summed E-state index contributed by atoms with van der Waals surface area (Å²) in [6.45, 7) is 0. The fourth-order valence-corrected chi connectivity index (χ4v) is 4.76. The molecule has 0 radical (unpaired) electrons. The highest BCUT2D eigenvalue weighted by molar-refractivity contribution is 7.90. The van der Waals surface area contributed by atoms with Gasteiger partial charge in [-0.2, -0.15) is 5.10 Å². The van der Waals surface area contributed by atoms with Gasteiger partial charge in [-0.1, -0.05) is 18.2 Å². The number of benzene rings is 2. The Morgan fingerprint density at radius 2 is 1.63 bits per heavy atom. The molecule has 9 heteroatoms. The van der Waals surface area contributed by atoms with Gasteiger partial charge in [0.2, 0.25) is 0 Å². The van der Waals surface area contributed by atoms with E-state index < -0.39 is 27.5 Å². The number of nitrogens with zero attached hydrogens (tertiary/aromatic N) is 2. The van der Waals surface area contributed by atoms with Crippen molar-refractivity contribution in [3.8, 4) is 16.9 Å². The molecular weight excluding hydrogens is 372 g/mol. The van der Waals surface area contributed by atoms with Gasteiger partial charge >= 0.3 is 11.9 Å². The summed E-state index contributed by atoms with van der Waals surface area (Å²) in [7, 11) is -3.69. The number of carboxylic acid groups (broad SMARTS) is 2. The number of fused-ring (bicyclic) bond motifs is 3. The van der Waals surface area contributed by atoms with E-state index in [1.807, 2.05) is 0 Å². The fourth-order valence-electron chi connectivity index (χ4n) is 3.17. The Bertz CT molecular complexity index is 1210. The molecule has 1 aliphatic heterocycles. The quantitative estimate of drug-likeness (QED) is 0.709. The maximum absolute atomic E-state index is 12.6. The number of carbonyl (C=O) groups is 2. The topological polar surface area (TPSA) is 127 Å². The van der Waals surface area contributed by atoms with Crippen LogP contribution in [0.1, 0.15) is 26.4 Å². The standard InChI is InChI=1S/C18H12N2O6S/c21-17(22)10-5-7-11(8-6-10)20-16-12-3-1-2-4-14(12)27(25,26)9-13(16)15(19-20)18(23)24/h1-8H,9H2,(H,21,22)(H,23,24). The van der Waals surface area contributed by atoms with E-state index in [0.29, 0.717) is 16.9 Å². The summed E-state index contributed by atoms with van der Waals surface area (Å²) < 4.78 is 26.5. The maximum Gasteiger partial charge on any atom is 0.356 e. The third-order valence-corrected chi connectivity index (χ3v) is 6.05. The molecule has 136 valence electrons. The fraction of sp³-hybridized carbons (Fsp3) is 0.0556. The molecule has 0 amide bonds. The first-order chi connectivity index (χ1) is 12.8. The predicted molar refractivity (Wildman–Crippen MR) is 93.8 cm³/mol. The summed E-state index contributed by atoms with van der Waals surface area (Å²) in [5, 5.41) is 22.6. The average molecular weight is 384 g/mol. The first-order valence-corrected chi connectivity index (χ1v) is 9.46. The molecule has 27 heavy (non-hydrogen) atoms. The molecule has 0 bridgehead atoms. The second-order valence-electron chi connectivity index (χ2n) is 6.00. The van der Waals surface area contributed by atoms with Gasteiger partial charge in [-0.3, -0.25) is 0 Å². The molecule has 4 rings (SSSR count). The Hall–Kier alpha value is -3.46. The minimum Gasteiger partial charge on any atom is -0.478 e. The Labute approximate surface area is 153 Å². The molecule has 1 aromatic heterocycles. The van der Waals surface area contributed by atoms with Crippen LogP contribution in [0.4, 0.5) is 0 Å². The highest BCUT2D eigenvalue weighted by Crippen LogP contribution is 2.40. The highest BCUT2D eigenvalue weighted by atomic mass is 32.2. The van der Waals surface area contributed by atoms with Crippen molar-refractivity contribution < 1.29 is 28.2 Å². The van der Waals surface area contributed by atoms with Gasteiger partial charge in [-0.15, -0.1) is 0 Å². The number of hydrogen-bond acceptors (Lipinski definition) is 5. The molecule has 0 saturated heterocycles. The normalized spacial score (nSPS) is 14.2. The molecule has 0 spiro atoms. The molecule has 0 aliphatic carbocycles. The van der Waals surface area contributed by atoms with Crippen molar-refractivity contribution in [2.75, 3.05) is 0 Å². The van der Waals surface area contributed by atoms with E-state index in [9.17, 15) is 23.1 Å². The van der Waals surface area contributed by atoms with Crippen LogP contribution in [-0.4, -0.2) is 40.3 Å². The van der Waals surface area contributed by atoms with Gasteiger partial charge in [-0.25, -0.2) is 22.7 Å². The number of rotatable bonds is 3. The summed E-state index contributed by atoms with van der Waals surface area (Å²) >= 11 is 0. The Morgan fingerprint density at radius 3 is 2.26 bits per heavy atom. The van der Waals surface area contributed by atoms with E-state index >= 15 is 0 Å². The summed E-state index contributed by atoms with van der Waals surface area (Å²) in [4.78, 5) is 22.8. The first kappa shape index (κ1) is 17.0. The van der Waals surface area contributed by atoms with Crippen LogP contribution >= 0.6 is 0 Å². The van der Waals surface area contributed by atoms with Crippen LogP contribution in [0.3, 0.4) is 0 Å². The lowest BCUT2D eigenvalue weighted by Crippen LogP contribution is -2.15. The largest absolute Gasteiger partial charge is 0.478 e. The second kappa shape index (κ2) is 5.78. The molecule has 0 atom stereocenters. The molecule has 0 unspecified atom stereocenters. The second-order valence-corrected chi connectivity index (χ2v) is 7.96. The highest BCUT2D eigenvalue weighted by Gasteiger charge is 2.35. The van der Waals surface area contributed by atoms with E-state index in [1.54, 1.807) is 18.2 Å². The molecule has 2 N–H and O–H groups in total. The third-order valence-electron chi connectivity index (χ3n) is 4.36. The number of hydrogen-bond donors (Lipinski definition) is 2. The van der Waals surface area contributed by atoms with Crippen molar-refractivity contribution >= 4 is 21.8 Å². The lowest BCUT2D eigenvalue weighted by atomic mass is 10.1. The van der Waals surface area contributed by atoms with Gasteiger partial charge in [0.25, 0.3) is 0 Å². The van der Waals surface area contributed by atoms with Crippen molar-refractivity contribution in [2.45, 2.75) is 10.6 Å². The van der Waals surface area contributed by atoms with Gasteiger partial charge in [0, 0.05) is 11.1 Å². The minimum atomic E-state index is -3.69. The van der Waals surface area contributed by atoms with Crippen molar-refractivity contribution in [3.63, 3.8) is 0 Å². The monoisotopic (exact) mass is 384 g/mol. The zero-order chi connectivity index (χ0) is 19.3. The van der Waals surface area contributed by atoms with Crippen LogP contribution in [0, 0.1) is 0 Å². The number of aromatic carboxylic acids is 2. The van der Waals surface area contributed by atoms with Crippen LogP contribution in [0.2, 0.25) is 0 Å². The Morgan fingerprint density at radius 1 is 0.963 bits per heavy atom. The predicted octanol–water partition coefficient (Wildman–Crippen LogP) is 2.22. The van der Waals surface area contributed by atoms with Crippen molar-refractivity contribution in [2.24, 2.45) is 0 Å². The van der Waals surface area contributed by atoms with Crippen LogP contribution in [0.5, 0.6) is 0 Å². The Balaban J connectivity index is 2.02. The number of carboxylic acids is 2.